The molecule has 2 aromatic rings. The summed E-state index contributed by atoms with van der Waals surface area (Å²) in [5.74, 6) is 0.944. The quantitative estimate of drug-likeness (QED) is 0.842. The molecule has 1 aromatic heterocycles. The van der Waals surface area contributed by atoms with Gasteiger partial charge in [0.1, 0.15) is 18.3 Å². The molecule has 2 fully saturated rings. The summed E-state index contributed by atoms with van der Waals surface area (Å²) < 4.78 is 5.80. The van der Waals surface area contributed by atoms with Crippen LogP contribution >= 0.6 is 23.7 Å². The summed E-state index contributed by atoms with van der Waals surface area (Å²) >= 11 is 1.70. The lowest BCUT2D eigenvalue weighted by Crippen LogP contribution is -2.41. The smallest absolute Gasteiger partial charge is 0.234 e. The molecule has 27 heavy (non-hydrogen) atoms. The van der Waals surface area contributed by atoms with Gasteiger partial charge in [0.15, 0.2) is 0 Å². The summed E-state index contributed by atoms with van der Waals surface area (Å²) in [6.45, 7) is 3.35. The van der Waals surface area contributed by atoms with Crippen molar-refractivity contribution in [1.82, 2.24) is 10.2 Å². The number of benzene rings is 1. The summed E-state index contributed by atoms with van der Waals surface area (Å²) in [4.78, 5) is 15.7. The molecule has 4 nitrogen and oxygen atoms in total. The Balaban J connectivity index is 0.00000180. The van der Waals surface area contributed by atoms with Crippen molar-refractivity contribution in [1.29, 1.82) is 0 Å². The number of hydrogen-bond acceptors (Lipinski definition) is 4. The number of piperidine rings is 1. The van der Waals surface area contributed by atoms with E-state index in [-0.39, 0.29) is 24.2 Å². The van der Waals surface area contributed by atoms with Crippen LogP contribution in [0.3, 0.4) is 0 Å². The Morgan fingerprint density at radius 2 is 2.07 bits per heavy atom. The largest absolute Gasteiger partial charge is 0.492 e. The fourth-order valence-electron chi connectivity index (χ4n) is 4.72. The number of hydrogen-bond donors (Lipinski definition) is 1. The first-order valence-corrected chi connectivity index (χ1v) is 10.5. The Bertz CT molecular complexity index is 804. The summed E-state index contributed by atoms with van der Waals surface area (Å²) in [5, 5.41) is 7.72. The van der Waals surface area contributed by atoms with Crippen molar-refractivity contribution in [3.8, 4) is 5.75 Å². The number of amides is 1. The number of nitrogens with one attached hydrogen (secondary N) is 1. The number of carbonyl (C=O) groups is 1. The zero-order chi connectivity index (χ0) is 17.6. The van der Waals surface area contributed by atoms with Crippen LogP contribution in [0.5, 0.6) is 5.75 Å². The van der Waals surface area contributed by atoms with Crippen molar-refractivity contribution in [3.05, 3.63) is 52.2 Å². The maximum Gasteiger partial charge on any atom is 0.234 e. The average Bonchev–Trinajstić information content (AvgIpc) is 3.08. The number of carbonyl (C=O) groups excluding carboxylic acids is 1. The van der Waals surface area contributed by atoms with Gasteiger partial charge in [-0.25, -0.2) is 0 Å². The van der Waals surface area contributed by atoms with E-state index in [1.165, 1.54) is 18.4 Å². The number of ether oxygens (including phenoxy) is 1. The Kier molecular flexibility index (Phi) is 5.19. The highest BCUT2D eigenvalue weighted by molar-refractivity contribution is 7.07. The minimum absolute atomic E-state index is 0. The predicted octanol–water partition coefficient (Wildman–Crippen LogP) is 3.82. The lowest BCUT2D eigenvalue weighted by atomic mass is 9.92. The van der Waals surface area contributed by atoms with Crippen LogP contribution in [0.2, 0.25) is 0 Å². The number of fused-ring (bicyclic) bond motifs is 1. The molecule has 0 bridgehead atoms. The molecule has 1 saturated carbocycles. The lowest BCUT2D eigenvalue weighted by Gasteiger charge is -2.31. The van der Waals surface area contributed by atoms with E-state index < -0.39 is 0 Å². The third-order valence-corrected chi connectivity index (χ3v) is 7.07. The molecule has 0 radical (unpaired) electrons. The molecule has 1 aromatic carbocycles. The topological polar surface area (TPSA) is 41.6 Å². The third-order valence-electron chi connectivity index (χ3n) is 6.34. The van der Waals surface area contributed by atoms with Gasteiger partial charge in [0.25, 0.3) is 0 Å². The minimum Gasteiger partial charge on any atom is -0.492 e. The monoisotopic (exact) mass is 404 g/mol. The Labute approximate surface area is 170 Å². The van der Waals surface area contributed by atoms with Crippen molar-refractivity contribution >= 4 is 29.7 Å². The zero-order valence-electron chi connectivity index (χ0n) is 15.2. The van der Waals surface area contributed by atoms with Crippen molar-refractivity contribution in [2.24, 2.45) is 5.41 Å². The molecular weight excluding hydrogens is 380 g/mol. The molecule has 1 aliphatic carbocycles. The van der Waals surface area contributed by atoms with Gasteiger partial charge < -0.3 is 15.0 Å². The van der Waals surface area contributed by atoms with Crippen LogP contribution in [0, 0.1) is 5.41 Å². The fraction of sp³-hybridized carbons (Fsp3) is 0.476. The van der Waals surface area contributed by atoms with Crippen LogP contribution in [0.25, 0.3) is 0 Å². The highest BCUT2D eigenvalue weighted by atomic mass is 35.5. The van der Waals surface area contributed by atoms with Crippen LogP contribution in [0.15, 0.2) is 41.1 Å². The van der Waals surface area contributed by atoms with E-state index in [0.717, 1.165) is 37.4 Å². The summed E-state index contributed by atoms with van der Waals surface area (Å²) in [5.41, 5.74) is 2.63. The fourth-order valence-corrected chi connectivity index (χ4v) is 5.38. The second-order valence-electron chi connectivity index (χ2n) is 7.83. The molecule has 2 aliphatic heterocycles. The molecule has 2 atom stereocenters. The van der Waals surface area contributed by atoms with E-state index in [4.69, 9.17) is 4.74 Å². The van der Waals surface area contributed by atoms with Crippen molar-refractivity contribution in [3.63, 3.8) is 0 Å². The SMILES string of the molecule is Cl.O=C(C1COc2ccccc21)N(Cc1ccsc1)C1CC12CCNCC2. The number of rotatable bonds is 4. The van der Waals surface area contributed by atoms with E-state index in [0.29, 0.717) is 18.1 Å². The Morgan fingerprint density at radius 1 is 1.26 bits per heavy atom. The maximum atomic E-state index is 13.6. The average molecular weight is 405 g/mol. The van der Waals surface area contributed by atoms with Crippen molar-refractivity contribution in [2.75, 3.05) is 19.7 Å². The molecule has 3 heterocycles. The second kappa shape index (κ2) is 7.46. The number of para-hydroxylation sites is 1. The highest BCUT2D eigenvalue weighted by Crippen LogP contribution is 2.56. The normalized spacial score (nSPS) is 24.6. The van der Waals surface area contributed by atoms with E-state index in [1.807, 2.05) is 24.3 Å². The zero-order valence-corrected chi connectivity index (χ0v) is 16.9. The summed E-state index contributed by atoms with van der Waals surface area (Å²) in [6, 6.07) is 10.5. The first-order valence-electron chi connectivity index (χ1n) is 9.51. The van der Waals surface area contributed by atoms with E-state index in [9.17, 15) is 4.79 Å². The first kappa shape index (κ1) is 18.8. The van der Waals surface area contributed by atoms with Gasteiger partial charge >= 0.3 is 0 Å². The van der Waals surface area contributed by atoms with Crippen LogP contribution in [-0.2, 0) is 11.3 Å². The Morgan fingerprint density at radius 3 is 2.85 bits per heavy atom. The van der Waals surface area contributed by atoms with Crippen LogP contribution in [-0.4, -0.2) is 36.5 Å². The lowest BCUT2D eigenvalue weighted by molar-refractivity contribution is -0.135. The molecule has 1 amide bonds. The molecule has 6 heteroatoms. The van der Waals surface area contributed by atoms with E-state index in [1.54, 1.807) is 11.3 Å². The molecule has 1 spiro atoms. The molecule has 3 aliphatic rings. The van der Waals surface area contributed by atoms with E-state index in [2.05, 4.69) is 27.0 Å². The van der Waals surface area contributed by atoms with Gasteiger partial charge in [-0.3, -0.25) is 4.79 Å². The van der Waals surface area contributed by atoms with Gasteiger partial charge in [-0.15, -0.1) is 12.4 Å². The van der Waals surface area contributed by atoms with Crippen LogP contribution < -0.4 is 10.1 Å². The number of thiophene rings is 1. The maximum absolute atomic E-state index is 13.6. The van der Waals surface area contributed by atoms with Gasteiger partial charge in [-0.1, -0.05) is 18.2 Å². The molecular formula is C21H25ClN2O2S. The van der Waals surface area contributed by atoms with Gasteiger partial charge in [-0.2, -0.15) is 11.3 Å². The van der Waals surface area contributed by atoms with Gasteiger partial charge in [0.05, 0.1) is 0 Å². The number of halogens is 1. The van der Waals surface area contributed by atoms with Gasteiger partial charge in [0, 0.05) is 18.2 Å². The standard InChI is InChI=1S/C21H24N2O2S.ClH/c24-20(17-13-25-18-4-2-1-3-16(17)18)23(12-15-5-10-26-14-15)19-11-21(19)6-8-22-9-7-21;/h1-5,10,14,17,19,22H,6-9,11-13H2;1H. The number of nitrogens with zero attached hydrogens (tertiary/aromatic N) is 1. The van der Waals surface area contributed by atoms with Gasteiger partial charge in [-0.05, 0) is 66.2 Å². The predicted molar refractivity (Wildman–Crippen MR) is 110 cm³/mol. The highest BCUT2D eigenvalue weighted by Gasteiger charge is 2.58. The molecule has 144 valence electrons. The molecule has 1 N–H and O–H groups in total. The Hall–Kier alpha value is -1.56. The summed E-state index contributed by atoms with van der Waals surface area (Å²) in [6.07, 6.45) is 3.52. The van der Waals surface area contributed by atoms with E-state index >= 15 is 0 Å². The molecule has 2 unspecified atom stereocenters. The second-order valence-corrected chi connectivity index (χ2v) is 8.61. The van der Waals surface area contributed by atoms with Crippen molar-refractivity contribution < 1.29 is 9.53 Å². The third kappa shape index (κ3) is 3.37. The first-order chi connectivity index (χ1) is 12.8. The van der Waals surface area contributed by atoms with Crippen molar-refractivity contribution in [2.45, 2.75) is 37.8 Å². The molecule has 1 saturated heterocycles. The van der Waals surface area contributed by atoms with Gasteiger partial charge in [0.2, 0.25) is 5.91 Å². The van der Waals surface area contributed by atoms with Crippen LogP contribution in [0.4, 0.5) is 0 Å². The molecule has 5 rings (SSSR count). The summed E-state index contributed by atoms with van der Waals surface area (Å²) in [7, 11) is 0. The minimum atomic E-state index is -0.163. The van der Waals surface area contributed by atoms with Crippen LogP contribution in [0.1, 0.15) is 36.3 Å².